The highest BCUT2D eigenvalue weighted by atomic mass is 32.2. The van der Waals surface area contributed by atoms with Gasteiger partial charge < -0.3 is 15.0 Å². The molecule has 0 aliphatic heterocycles. The largest absolute Gasteiger partial charge is 0.495 e. The number of methoxy groups -OCH3 is 1. The minimum absolute atomic E-state index is 0.0476. The van der Waals surface area contributed by atoms with Crippen LogP contribution in [0.1, 0.15) is 44.6 Å². The molecule has 0 spiro atoms. The van der Waals surface area contributed by atoms with Crippen molar-refractivity contribution < 1.29 is 22.7 Å². The predicted octanol–water partition coefficient (Wildman–Crippen LogP) is 4.76. The first-order valence-electron chi connectivity index (χ1n) is 13.7. The molecule has 0 saturated heterocycles. The van der Waals surface area contributed by atoms with E-state index in [1.807, 2.05) is 30.3 Å². The highest BCUT2D eigenvalue weighted by Gasteiger charge is 2.34. The van der Waals surface area contributed by atoms with Crippen molar-refractivity contribution in [3.05, 3.63) is 90.5 Å². The number of anilines is 1. The van der Waals surface area contributed by atoms with E-state index in [2.05, 4.69) is 5.32 Å². The van der Waals surface area contributed by atoms with Gasteiger partial charge in [-0.15, -0.1) is 0 Å². The van der Waals surface area contributed by atoms with Gasteiger partial charge in [0.1, 0.15) is 18.3 Å². The summed E-state index contributed by atoms with van der Waals surface area (Å²) in [6, 6.07) is 23.3. The molecule has 1 saturated carbocycles. The van der Waals surface area contributed by atoms with Crippen LogP contribution in [0.5, 0.6) is 5.75 Å². The molecule has 3 aromatic carbocycles. The molecule has 0 bridgehead atoms. The summed E-state index contributed by atoms with van der Waals surface area (Å²) in [5, 5.41) is 3.11. The average molecular weight is 564 g/mol. The lowest BCUT2D eigenvalue weighted by Crippen LogP contribution is -2.53. The van der Waals surface area contributed by atoms with Crippen LogP contribution in [0.3, 0.4) is 0 Å². The SMILES string of the molecule is COc1ccccc1N(CC(=O)N(Cc1ccccc1)C(C)C(=O)NC1CCCCC1)S(=O)(=O)c1ccccc1. The van der Waals surface area contributed by atoms with Gasteiger partial charge in [-0.25, -0.2) is 8.42 Å². The summed E-state index contributed by atoms with van der Waals surface area (Å²) in [5.41, 5.74) is 1.07. The first-order chi connectivity index (χ1) is 19.3. The molecule has 40 heavy (non-hydrogen) atoms. The molecule has 3 aromatic rings. The van der Waals surface area contributed by atoms with E-state index in [9.17, 15) is 18.0 Å². The molecule has 9 heteroatoms. The second kappa shape index (κ2) is 13.5. The highest BCUT2D eigenvalue weighted by molar-refractivity contribution is 7.92. The number of ether oxygens (including phenoxy) is 1. The quantitative estimate of drug-likeness (QED) is 0.363. The third-order valence-electron chi connectivity index (χ3n) is 7.28. The van der Waals surface area contributed by atoms with Crippen LogP contribution < -0.4 is 14.4 Å². The molecule has 1 atom stereocenters. The van der Waals surface area contributed by atoms with Crippen molar-refractivity contribution in [2.75, 3.05) is 18.0 Å². The molecule has 0 aromatic heterocycles. The van der Waals surface area contributed by atoms with Crippen LogP contribution in [0, 0.1) is 0 Å². The van der Waals surface area contributed by atoms with Gasteiger partial charge in [0.25, 0.3) is 10.0 Å². The fourth-order valence-electron chi connectivity index (χ4n) is 5.00. The normalized spacial score (nSPS) is 14.7. The Morgan fingerprint density at radius 3 is 2.15 bits per heavy atom. The number of amides is 2. The van der Waals surface area contributed by atoms with E-state index >= 15 is 0 Å². The number of carbonyl (C=O) groups excluding carboxylic acids is 2. The number of para-hydroxylation sites is 2. The van der Waals surface area contributed by atoms with Gasteiger partial charge in [0.05, 0.1) is 17.7 Å². The lowest BCUT2D eigenvalue weighted by Gasteiger charge is -2.33. The van der Waals surface area contributed by atoms with E-state index in [-0.39, 0.29) is 29.1 Å². The van der Waals surface area contributed by atoms with Crippen LogP contribution in [0.15, 0.2) is 89.8 Å². The Morgan fingerprint density at radius 1 is 0.900 bits per heavy atom. The molecule has 0 heterocycles. The number of rotatable bonds is 11. The smallest absolute Gasteiger partial charge is 0.264 e. The van der Waals surface area contributed by atoms with Crippen molar-refractivity contribution in [3.8, 4) is 5.75 Å². The van der Waals surface area contributed by atoms with Crippen molar-refractivity contribution >= 4 is 27.5 Å². The third kappa shape index (κ3) is 7.01. The van der Waals surface area contributed by atoms with Crippen LogP contribution in [0.25, 0.3) is 0 Å². The first-order valence-corrected chi connectivity index (χ1v) is 15.1. The number of hydrogen-bond donors (Lipinski definition) is 1. The topological polar surface area (TPSA) is 96.0 Å². The average Bonchev–Trinajstić information content (AvgIpc) is 2.99. The number of hydrogen-bond acceptors (Lipinski definition) is 5. The Bertz CT molecular complexity index is 1380. The van der Waals surface area contributed by atoms with Gasteiger partial charge in [-0.3, -0.25) is 13.9 Å². The van der Waals surface area contributed by atoms with E-state index in [1.165, 1.54) is 24.1 Å². The summed E-state index contributed by atoms with van der Waals surface area (Å²) >= 11 is 0. The number of benzene rings is 3. The summed E-state index contributed by atoms with van der Waals surface area (Å²) in [4.78, 5) is 28.9. The maximum Gasteiger partial charge on any atom is 0.264 e. The zero-order valence-corrected chi connectivity index (χ0v) is 23.8. The maximum absolute atomic E-state index is 14.0. The van der Waals surface area contributed by atoms with Crippen LogP contribution in [0.2, 0.25) is 0 Å². The van der Waals surface area contributed by atoms with Gasteiger partial charge in [-0.05, 0) is 49.6 Å². The van der Waals surface area contributed by atoms with E-state index in [0.717, 1.165) is 42.0 Å². The van der Waals surface area contributed by atoms with Crippen molar-refractivity contribution in [3.63, 3.8) is 0 Å². The molecule has 4 rings (SSSR count). The lowest BCUT2D eigenvalue weighted by atomic mass is 9.95. The number of carbonyl (C=O) groups is 2. The van der Waals surface area contributed by atoms with Crippen LogP contribution in [-0.2, 0) is 26.2 Å². The Labute approximate surface area is 237 Å². The van der Waals surface area contributed by atoms with Gasteiger partial charge in [0, 0.05) is 12.6 Å². The van der Waals surface area contributed by atoms with Gasteiger partial charge in [-0.2, -0.15) is 0 Å². The van der Waals surface area contributed by atoms with E-state index < -0.39 is 28.5 Å². The third-order valence-corrected chi connectivity index (χ3v) is 9.05. The molecular formula is C31H37N3O5S. The number of nitrogens with one attached hydrogen (secondary N) is 1. The zero-order valence-electron chi connectivity index (χ0n) is 23.0. The van der Waals surface area contributed by atoms with Crippen molar-refractivity contribution in [2.45, 2.75) is 62.6 Å². The second-order valence-corrected chi connectivity index (χ2v) is 11.9. The van der Waals surface area contributed by atoms with Crippen molar-refractivity contribution in [2.24, 2.45) is 0 Å². The molecule has 212 valence electrons. The van der Waals surface area contributed by atoms with E-state index in [4.69, 9.17) is 4.74 Å². The monoisotopic (exact) mass is 563 g/mol. The Morgan fingerprint density at radius 2 is 1.50 bits per heavy atom. The maximum atomic E-state index is 14.0. The van der Waals surface area contributed by atoms with Gasteiger partial charge in [0.2, 0.25) is 11.8 Å². The number of sulfonamides is 1. The molecule has 1 aliphatic carbocycles. The highest BCUT2D eigenvalue weighted by Crippen LogP contribution is 2.32. The zero-order chi connectivity index (χ0) is 28.5. The summed E-state index contributed by atoms with van der Waals surface area (Å²) < 4.78 is 34.3. The summed E-state index contributed by atoms with van der Waals surface area (Å²) in [6.45, 7) is 1.34. The molecular weight excluding hydrogens is 526 g/mol. The summed E-state index contributed by atoms with van der Waals surface area (Å²) in [5.74, 6) is -0.431. The van der Waals surface area contributed by atoms with Gasteiger partial charge >= 0.3 is 0 Å². The predicted molar refractivity (Wildman–Crippen MR) is 155 cm³/mol. The number of nitrogens with zero attached hydrogens (tertiary/aromatic N) is 2. The second-order valence-electron chi connectivity index (χ2n) is 10.0. The van der Waals surface area contributed by atoms with Crippen LogP contribution in [0.4, 0.5) is 5.69 Å². The Hall–Kier alpha value is -3.85. The Balaban J connectivity index is 1.68. The minimum Gasteiger partial charge on any atom is -0.495 e. The molecule has 8 nitrogen and oxygen atoms in total. The fraction of sp³-hybridized carbons (Fsp3) is 0.355. The minimum atomic E-state index is -4.15. The van der Waals surface area contributed by atoms with Gasteiger partial charge in [-0.1, -0.05) is 79.9 Å². The molecule has 1 fully saturated rings. The summed E-state index contributed by atoms with van der Waals surface area (Å²) in [7, 11) is -2.70. The fourth-order valence-corrected chi connectivity index (χ4v) is 6.45. The Kier molecular flexibility index (Phi) is 9.82. The van der Waals surface area contributed by atoms with Crippen LogP contribution in [-0.4, -0.2) is 50.9 Å². The standard InChI is InChI=1S/C31H37N3O5S/c1-24(31(36)32-26-16-8-4-9-17-26)33(22-25-14-6-3-7-15-25)30(35)23-34(28-20-12-13-21-29(28)39-2)40(37,38)27-18-10-5-11-19-27/h3,5-7,10-15,18-21,24,26H,4,8-9,16-17,22-23H2,1-2H3,(H,32,36). The molecule has 1 N–H and O–H groups in total. The van der Waals surface area contributed by atoms with Crippen molar-refractivity contribution in [1.29, 1.82) is 0 Å². The van der Waals surface area contributed by atoms with Crippen molar-refractivity contribution in [1.82, 2.24) is 10.2 Å². The molecule has 0 radical (unpaired) electrons. The van der Waals surface area contributed by atoms with E-state index in [0.29, 0.717) is 5.75 Å². The van der Waals surface area contributed by atoms with Crippen LogP contribution >= 0.6 is 0 Å². The molecule has 2 amide bonds. The lowest BCUT2D eigenvalue weighted by molar-refractivity contribution is -0.139. The van der Waals surface area contributed by atoms with E-state index in [1.54, 1.807) is 49.4 Å². The molecule has 1 aliphatic rings. The summed E-state index contributed by atoms with van der Waals surface area (Å²) in [6.07, 6.45) is 5.13. The van der Waals surface area contributed by atoms with Gasteiger partial charge in [0.15, 0.2) is 0 Å². The first kappa shape index (κ1) is 29.1. The molecule has 1 unspecified atom stereocenters.